The number of benzene rings is 1. The summed E-state index contributed by atoms with van der Waals surface area (Å²) in [6.45, 7) is 0. The summed E-state index contributed by atoms with van der Waals surface area (Å²) >= 11 is 0. The normalized spacial score (nSPS) is 31.1. The minimum atomic E-state index is -0.794. The smallest absolute Gasteiger partial charge is 0.261 e. The summed E-state index contributed by atoms with van der Waals surface area (Å²) in [7, 11) is 1.45. The van der Waals surface area contributed by atoms with Crippen LogP contribution in [0.2, 0.25) is 0 Å². The van der Waals surface area contributed by atoms with E-state index in [9.17, 15) is 9.59 Å². The van der Waals surface area contributed by atoms with Gasteiger partial charge in [-0.1, -0.05) is 18.2 Å². The fraction of sp³-hybridized carbons (Fsp3) is 0.333. The maximum absolute atomic E-state index is 11.9. The number of hydroxylamine groups is 1. The van der Waals surface area contributed by atoms with E-state index >= 15 is 0 Å². The molecule has 2 N–H and O–H groups in total. The molecule has 1 aromatic rings. The van der Waals surface area contributed by atoms with E-state index < -0.39 is 18.2 Å². The molecule has 2 fully saturated rings. The molecule has 0 radical (unpaired) electrons. The molecule has 0 bridgehead atoms. The minimum absolute atomic E-state index is 0.282. The van der Waals surface area contributed by atoms with Crippen molar-refractivity contribution in [2.75, 3.05) is 12.1 Å². The second-order valence-corrected chi connectivity index (χ2v) is 4.44. The summed E-state index contributed by atoms with van der Waals surface area (Å²) in [5, 5.41) is 1.44. The summed E-state index contributed by atoms with van der Waals surface area (Å²) in [6.07, 6.45) is -1.43. The van der Waals surface area contributed by atoms with Gasteiger partial charge in [0.25, 0.3) is 5.91 Å². The Hall–Kier alpha value is -1.92. The van der Waals surface area contributed by atoms with Crippen molar-refractivity contribution in [3.63, 3.8) is 0 Å². The largest absolute Gasteiger partial charge is 0.309 e. The third-order valence-electron chi connectivity index (χ3n) is 3.39. The van der Waals surface area contributed by atoms with E-state index in [0.717, 1.165) is 10.6 Å². The van der Waals surface area contributed by atoms with Crippen LogP contribution in [-0.2, 0) is 14.4 Å². The molecule has 2 amide bonds. The predicted octanol–water partition coefficient (Wildman–Crippen LogP) is -0.294. The van der Waals surface area contributed by atoms with Gasteiger partial charge in [0.1, 0.15) is 12.1 Å². The van der Waals surface area contributed by atoms with Gasteiger partial charge in [0, 0.05) is 7.05 Å². The molecular formula is C12H13N3O3. The first kappa shape index (κ1) is 11.2. The number of anilines is 1. The van der Waals surface area contributed by atoms with Gasteiger partial charge in [-0.3, -0.25) is 19.3 Å². The van der Waals surface area contributed by atoms with E-state index in [1.54, 1.807) is 0 Å². The first-order valence-electron chi connectivity index (χ1n) is 5.69. The zero-order valence-corrected chi connectivity index (χ0v) is 9.82. The number of likely N-dealkylation sites (tertiary alicyclic amines) is 1. The van der Waals surface area contributed by atoms with Gasteiger partial charge in [0.05, 0.1) is 5.69 Å². The van der Waals surface area contributed by atoms with Gasteiger partial charge in [-0.05, 0) is 12.1 Å². The third-order valence-corrected chi connectivity index (χ3v) is 3.39. The topological polar surface area (TPSA) is 75.9 Å². The summed E-state index contributed by atoms with van der Waals surface area (Å²) in [5.74, 6) is -1.24. The van der Waals surface area contributed by atoms with Gasteiger partial charge >= 0.3 is 0 Å². The molecule has 2 aliphatic heterocycles. The van der Waals surface area contributed by atoms with E-state index in [2.05, 4.69) is 0 Å². The van der Waals surface area contributed by atoms with Gasteiger partial charge in [-0.15, -0.1) is 0 Å². The first-order valence-corrected chi connectivity index (χ1v) is 5.69. The van der Waals surface area contributed by atoms with Crippen molar-refractivity contribution < 1.29 is 14.4 Å². The maximum atomic E-state index is 11.9. The molecule has 0 aliphatic carbocycles. The lowest BCUT2D eigenvalue weighted by Gasteiger charge is -2.24. The van der Waals surface area contributed by atoms with Gasteiger partial charge in [-0.2, -0.15) is 0 Å². The SMILES string of the molecule is CN1C(=O)[C@H]2[C@@H](N)N(c3ccccc3)O[C@H]2C1=O. The van der Waals surface area contributed by atoms with Gasteiger partial charge < -0.3 is 5.73 Å². The number of carbonyl (C=O) groups is 2. The fourth-order valence-electron chi connectivity index (χ4n) is 2.39. The van der Waals surface area contributed by atoms with E-state index in [1.165, 1.54) is 12.1 Å². The van der Waals surface area contributed by atoms with Crippen molar-refractivity contribution in [1.82, 2.24) is 4.90 Å². The number of nitrogens with zero attached hydrogens (tertiary/aromatic N) is 2. The van der Waals surface area contributed by atoms with Crippen LogP contribution in [0.4, 0.5) is 5.69 Å². The zero-order chi connectivity index (χ0) is 12.9. The standard InChI is InChI=1S/C12H13N3O3/c1-14-11(16)8-9(12(14)17)18-15(10(8)13)7-5-3-2-4-6-7/h2-6,8-10H,13H2,1H3/t8-,9-,10+/m1/s1. The average Bonchev–Trinajstić information content (AvgIpc) is 2.84. The van der Waals surface area contributed by atoms with E-state index in [4.69, 9.17) is 10.6 Å². The zero-order valence-electron chi connectivity index (χ0n) is 9.82. The van der Waals surface area contributed by atoms with Crippen LogP contribution in [0.5, 0.6) is 0 Å². The summed E-state index contributed by atoms with van der Waals surface area (Å²) < 4.78 is 0. The maximum Gasteiger partial charge on any atom is 0.261 e. The second-order valence-electron chi connectivity index (χ2n) is 4.44. The highest BCUT2D eigenvalue weighted by molar-refractivity contribution is 6.07. The minimum Gasteiger partial charge on any atom is -0.309 e. The van der Waals surface area contributed by atoms with Crippen LogP contribution in [0, 0.1) is 5.92 Å². The Morgan fingerprint density at radius 3 is 2.44 bits per heavy atom. The molecule has 3 atom stereocenters. The lowest BCUT2D eigenvalue weighted by Crippen LogP contribution is -2.44. The van der Waals surface area contributed by atoms with Crippen LogP contribution < -0.4 is 10.8 Å². The Bertz CT molecular complexity index is 505. The quantitative estimate of drug-likeness (QED) is 0.690. The number of amides is 2. The second kappa shape index (κ2) is 3.79. The van der Waals surface area contributed by atoms with Crippen molar-refractivity contribution in [3.8, 4) is 0 Å². The molecular weight excluding hydrogens is 234 g/mol. The van der Waals surface area contributed by atoms with Crippen molar-refractivity contribution in [2.24, 2.45) is 11.7 Å². The van der Waals surface area contributed by atoms with E-state index in [1.807, 2.05) is 30.3 Å². The number of nitrogens with two attached hydrogens (primary N) is 1. The number of hydrogen-bond acceptors (Lipinski definition) is 5. The molecule has 2 heterocycles. The van der Waals surface area contributed by atoms with Gasteiger partial charge in [-0.25, -0.2) is 5.06 Å². The number of hydrogen-bond donors (Lipinski definition) is 1. The van der Waals surface area contributed by atoms with Crippen LogP contribution >= 0.6 is 0 Å². The Morgan fingerprint density at radius 2 is 1.83 bits per heavy atom. The molecule has 0 aromatic heterocycles. The van der Waals surface area contributed by atoms with Crippen LogP contribution in [0.15, 0.2) is 30.3 Å². The third kappa shape index (κ3) is 1.36. The lowest BCUT2D eigenvalue weighted by atomic mass is 10.0. The molecule has 3 rings (SSSR count). The van der Waals surface area contributed by atoms with Crippen LogP contribution in [0.3, 0.4) is 0 Å². The Morgan fingerprint density at radius 1 is 1.17 bits per heavy atom. The fourth-order valence-corrected chi connectivity index (χ4v) is 2.39. The summed E-state index contributed by atoms with van der Waals surface area (Å²) in [6, 6.07) is 9.19. The molecule has 0 saturated carbocycles. The summed E-state index contributed by atoms with van der Waals surface area (Å²) in [4.78, 5) is 30.3. The average molecular weight is 247 g/mol. The van der Waals surface area contributed by atoms with E-state index in [0.29, 0.717) is 0 Å². The molecule has 2 aliphatic rings. The number of imide groups is 1. The van der Waals surface area contributed by atoms with Crippen LogP contribution in [0.25, 0.3) is 0 Å². The molecule has 2 saturated heterocycles. The number of rotatable bonds is 1. The highest BCUT2D eigenvalue weighted by atomic mass is 16.7. The number of likely N-dealkylation sites (N-methyl/N-ethyl adjacent to an activating group) is 1. The molecule has 6 heteroatoms. The van der Waals surface area contributed by atoms with E-state index in [-0.39, 0.29) is 11.8 Å². The van der Waals surface area contributed by atoms with Gasteiger partial charge in [0.2, 0.25) is 5.91 Å². The molecule has 0 unspecified atom stereocenters. The summed E-state index contributed by atoms with van der Waals surface area (Å²) in [5.41, 5.74) is 6.75. The number of para-hydroxylation sites is 1. The van der Waals surface area contributed by atoms with Crippen molar-refractivity contribution in [1.29, 1.82) is 0 Å². The highest BCUT2D eigenvalue weighted by Crippen LogP contribution is 2.35. The van der Waals surface area contributed by atoms with Crippen molar-refractivity contribution in [2.45, 2.75) is 12.3 Å². The van der Waals surface area contributed by atoms with Crippen molar-refractivity contribution >= 4 is 17.5 Å². The number of carbonyl (C=O) groups excluding carboxylic acids is 2. The highest BCUT2D eigenvalue weighted by Gasteiger charge is 2.57. The number of fused-ring (bicyclic) bond motifs is 1. The van der Waals surface area contributed by atoms with Crippen molar-refractivity contribution in [3.05, 3.63) is 30.3 Å². The molecule has 94 valence electrons. The predicted molar refractivity (Wildman–Crippen MR) is 63.0 cm³/mol. The Balaban J connectivity index is 1.93. The first-order chi connectivity index (χ1) is 8.61. The lowest BCUT2D eigenvalue weighted by molar-refractivity contribution is -0.141. The molecule has 6 nitrogen and oxygen atoms in total. The van der Waals surface area contributed by atoms with Gasteiger partial charge in [0.15, 0.2) is 6.10 Å². The Labute approximate surface area is 104 Å². The van der Waals surface area contributed by atoms with Crippen LogP contribution in [0.1, 0.15) is 0 Å². The van der Waals surface area contributed by atoms with Crippen LogP contribution in [-0.4, -0.2) is 36.0 Å². The molecule has 0 spiro atoms. The molecule has 1 aromatic carbocycles. The monoisotopic (exact) mass is 247 g/mol. The molecule has 18 heavy (non-hydrogen) atoms. The Kier molecular flexibility index (Phi) is 2.36.